The quantitative estimate of drug-likeness (QED) is 0.727. The van der Waals surface area contributed by atoms with Crippen LogP contribution >= 0.6 is 0 Å². The van der Waals surface area contributed by atoms with Crippen molar-refractivity contribution in [2.24, 2.45) is 23.2 Å². The molecule has 0 bridgehead atoms. The highest BCUT2D eigenvalue weighted by Crippen LogP contribution is 2.64. The van der Waals surface area contributed by atoms with Gasteiger partial charge in [-0.3, -0.25) is 4.79 Å². The summed E-state index contributed by atoms with van der Waals surface area (Å²) in [6.45, 7) is 4.76. The summed E-state index contributed by atoms with van der Waals surface area (Å²) in [6, 6.07) is 0. The van der Waals surface area contributed by atoms with Gasteiger partial charge in [0.25, 0.3) is 0 Å². The molecule has 0 amide bonds. The first-order valence-electron chi connectivity index (χ1n) is 10.1. The van der Waals surface area contributed by atoms with Gasteiger partial charge in [-0.15, -0.1) is 0 Å². The predicted octanol–water partition coefficient (Wildman–Crippen LogP) is 4.97. The van der Waals surface area contributed by atoms with E-state index in [-0.39, 0.29) is 5.78 Å². The maximum absolute atomic E-state index is 11.8. The number of allylic oxidation sites excluding steroid dienone is 2. The Morgan fingerprint density at radius 1 is 1.17 bits per heavy atom. The lowest BCUT2D eigenvalue weighted by molar-refractivity contribution is -0.123. The van der Waals surface area contributed by atoms with Crippen molar-refractivity contribution in [3.8, 4) is 0 Å². The van der Waals surface area contributed by atoms with E-state index >= 15 is 0 Å². The first kappa shape index (κ1) is 16.6. The summed E-state index contributed by atoms with van der Waals surface area (Å²) in [4.78, 5) is 11.8. The monoisotopic (exact) mass is 328 g/mol. The number of carbonyl (C=O) groups excluding carboxylic acids is 1. The third kappa shape index (κ3) is 2.29. The molecule has 2 heteroatoms. The molecular weight excluding hydrogens is 296 g/mol. The second kappa shape index (κ2) is 5.83. The van der Waals surface area contributed by atoms with E-state index in [1.54, 1.807) is 11.6 Å². The van der Waals surface area contributed by atoms with E-state index in [0.717, 1.165) is 24.3 Å². The first-order chi connectivity index (χ1) is 11.5. The molecule has 0 aromatic heterocycles. The molecule has 4 aliphatic carbocycles. The zero-order valence-electron chi connectivity index (χ0n) is 15.3. The van der Waals surface area contributed by atoms with Crippen LogP contribution in [-0.4, -0.2) is 16.5 Å². The van der Waals surface area contributed by atoms with Crippen molar-refractivity contribution >= 4 is 5.78 Å². The molecule has 4 rings (SSSR count). The van der Waals surface area contributed by atoms with E-state index in [0.29, 0.717) is 30.1 Å². The molecule has 0 saturated heterocycles. The van der Waals surface area contributed by atoms with Gasteiger partial charge in [0.05, 0.1) is 5.60 Å². The van der Waals surface area contributed by atoms with Crippen molar-refractivity contribution in [2.45, 2.75) is 83.7 Å². The molecule has 3 fully saturated rings. The summed E-state index contributed by atoms with van der Waals surface area (Å²) in [5.74, 6) is 1.99. The van der Waals surface area contributed by atoms with Crippen LogP contribution in [0, 0.1) is 23.2 Å². The zero-order chi connectivity index (χ0) is 16.9. The minimum Gasteiger partial charge on any atom is -0.385 e. The van der Waals surface area contributed by atoms with Gasteiger partial charge < -0.3 is 5.11 Å². The summed E-state index contributed by atoms with van der Waals surface area (Å²) >= 11 is 0. The zero-order valence-corrected chi connectivity index (χ0v) is 15.3. The van der Waals surface area contributed by atoms with Crippen LogP contribution in [0.3, 0.4) is 0 Å². The van der Waals surface area contributed by atoms with Crippen molar-refractivity contribution in [1.29, 1.82) is 0 Å². The van der Waals surface area contributed by atoms with Crippen molar-refractivity contribution in [2.75, 3.05) is 0 Å². The van der Waals surface area contributed by atoms with Crippen molar-refractivity contribution in [3.63, 3.8) is 0 Å². The Hall–Kier alpha value is -0.890. The third-order valence-electron chi connectivity index (χ3n) is 7.97. The molecule has 0 aromatic rings. The molecule has 4 aliphatic rings. The summed E-state index contributed by atoms with van der Waals surface area (Å²) in [5.41, 5.74) is 2.47. The summed E-state index contributed by atoms with van der Waals surface area (Å²) in [5, 5.41) is 11.5. The van der Waals surface area contributed by atoms with Crippen LogP contribution in [0.1, 0.15) is 78.1 Å². The average Bonchev–Trinajstić information content (AvgIpc) is 2.90. The lowest BCUT2D eigenvalue weighted by Crippen LogP contribution is -2.54. The number of rotatable bonds is 2. The Labute approximate surface area is 146 Å². The fourth-order valence-electron chi connectivity index (χ4n) is 6.68. The van der Waals surface area contributed by atoms with Crippen LogP contribution in [0.4, 0.5) is 0 Å². The highest BCUT2D eigenvalue weighted by molar-refractivity contribution is 5.92. The minimum absolute atomic E-state index is 0.222. The van der Waals surface area contributed by atoms with Gasteiger partial charge >= 0.3 is 0 Å². The molecule has 3 saturated carbocycles. The van der Waals surface area contributed by atoms with Gasteiger partial charge in [0, 0.05) is 6.42 Å². The Bertz CT molecular complexity index is 601. The largest absolute Gasteiger partial charge is 0.385 e. The second-order valence-electron chi connectivity index (χ2n) is 8.99. The highest BCUT2D eigenvalue weighted by atomic mass is 16.3. The molecule has 0 heterocycles. The maximum Gasteiger partial charge on any atom is 0.155 e. The van der Waals surface area contributed by atoms with Gasteiger partial charge in [-0.2, -0.15) is 0 Å². The van der Waals surface area contributed by atoms with Gasteiger partial charge in [0.2, 0.25) is 0 Å². The van der Waals surface area contributed by atoms with Crippen LogP contribution in [0.5, 0.6) is 0 Å². The fraction of sp³-hybridized carbons (Fsp3) is 0.773. The van der Waals surface area contributed by atoms with Crippen LogP contribution in [0.25, 0.3) is 0 Å². The van der Waals surface area contributed by atoms with E-state index in [2.05, 4.69) is 19.9 Å². The summed E-state index contributed by atoms with van der Waals surface area (Å²) in [7, 11) is 0. The van der Waals surface area contributed by atoms with Crippen molar-refractivity contribution in [3.05, 3.63) is 23.3 Å². The SMILES string of the molecule is CCC/C=C1/CCC2C3CCC4=CC(=O)CCC4(O)C3CCC12C. The summed E-state index contributed by atoms with van der Waals surface area (Å²) in [6.07, 6.45) is 15.0. The molecule has 5 unspecified atom stereocenters. The predicted molar refractivity (Wildman–Crippen MR) is 96.5 cm³/mol. The number of aliphatic hydroxyl groups is 1. The fourth-order valence-corrected chi connectivity index (χ4v) is 6.68. The average molecular weight is 328 g/mol. The molecule has 1 N–H and O–H groups in total. The van der Waals surface area contributed by atoms with Gasteiger partial charge in [-0.05, 0) is 86.2 Å². The Kier molecular flexibility index (Phi) is 4.03. The molecule has 2 nitrogen and oxygen atoms in total. The van der Waals surface area contributed by atoms with E-state index in [1.165, 1.54) is 38.5 Å². The molecule has 0 aromatic carbocycles. The number of unbranched alkanes of at least 4 members (excludes halogenated alkanes) is 1. The van der Waals surface area contributed by atoms with Crippen LogP contribution in [0.2, 0.25) is 0 Å². The Morgan fingerprint density at radius 2 is 2.00 bits per heavy atom. The topological polar surface area (TPSA) is 37.3 Å². The number of fused-ring (bicyclic) bond motifs is 5. The third-order valence-corrected chi connectivity index (χ3v) is 7.97. The van der Waals surface area contributed by atoms with E-state index in [4.69, 9.17) is 0 Å². The molecular formula is C22H32O2. The number of ketones is 1. The number of carbonyl (C=O) groups is 1. The maximum atomic E-state index is 11.8. The normalized spacial score (nSPS) is 46.3. The smallest absolute Gasteiger partial charge is 0.155 e. The molecule has 5 atom stereocenters. The van der Waals surface area contributed by atoms with E-state index in [9.17, 15) is 9.90 Å². The minimum atomic E-state index is -0.673. The lowest BCUT2D eigenvalue weighted by atomic mass is 9.50. The molecule has 24 heavy (non-hydrogen) atoms. The van der Waals surface area contributed by atoms with Gasteiger partial charge in [0.15, 0.2) is 5.78 Å². The molecule has 132 valence electrons. The van der Waals surface area contributed by atoms with E-state index in [1.807, 2.05) is 0 Å². The lowest BCUT2D eigenvalue weighted by Gasteiger charge is -2.56. The molecule has 0 spiro atoms. The van der Waals surface area contributed by atoms with Gasteiger partial charge in [-0.25, -0.2) is 0 Å². The number of hydrogen-bond donors (Lipinski definition) is 1. The molecule has 0 aliphatic heterocycles. The second-order valence-corrected chi connectivity index (χ2v) is 8.99. The standard InChI is InChI=1S/C22H32O2/c1-3-4-5-15-7-9-19-18-8-6-16-14-17(23)10-13-22(16,24)20(18)11-12-21(15,19)2/h5,14,18-20,24H,3-4,6-13H2,1-2H3/b15-5-. The molecule has 0 radical (unpaired) electrons. The van der Waals surface area contributed by atoms with E-state index < -0.39 is 5.60 Å². The van der Waals surface area contributed by atoms with Crippen LogP contribution in [-0.2, 0) is 4.79 Å². The Morgan fingerprint density at radius 3 is 2.79 bits per heavy atom. The highest BCUT2D eigenvalue weighted by Gasteiger charge is 2.58. The Balaban J connectivity index is 1.63. The van der Waals surface area contributed by atoms with Gasteiger partial charge in [-0.1, -0.05) is 31.9 Å². The summed E-state index contributed by atoms with van der Waals surface area (Å²) < 4.78 is 0. The first-order valence-corrected chi connectivity index (χ1v) is 10.1. The van der Waals surface area contributed by atoms with Crippen molar-refractivity contribution in [1.82, 2.24) is 0 Å². The van der Waals surface area contributed by atoms with Gasteiger partial charge in [0.1, 0.15) is 0 Å². The van der Waals surface area contributed by atoms with Crippen LogP contribution < -0.4 is 0 Å². The number of hydrogen-bond acceptors (Lipinski definition) is 2. The van der Waals surface area contributed by atoms with Crippen LogP contribution in [0.15, 0.2) is 23.3 Å². The van der Waals surface area contributed by atoms with Crippen molar-refractivity contribution < 1.29 is 9.90 Å².